The van der Waals surface area contributed by atoms with Crippen LogP contribution in [0.1, 0.15) is 23.2 Å². The van der Waals surface area contributed by atoms with Gasteiger partial charge in [-0.3, -0.25) is 14.5 Å². The number of ether oxygens (including phenoxy) is 1. The van der Waals surface area contributed by atoms with Crippen LogP contribution in [0.2, 0.25) is 5.02 Å². The number of pyridine rings is 1. The van der Waals surface area contributed by atoms with Crippen molar-refractivity contribution in [1.29, 1.82) is 0 Å². The monoisotopic (exact) mass is 541 g/mol. The minimum atomic E-state index is -0.679. The summed E-state index contributed by atoms with van der Waals surface area (Å²) >= 11 is 6.80. The lowest BCUT2D eigenvalue weighted by atomic mass is 10.0. The Balaban J connectivity index is 1.48. The summed E-state index contributed by atoms with van der Waals surface area (Å²) in [6.45, 7) is 7.85. The third-order valence-electron chi connectivity index (χ3n) is 8.05. The summed E-state index contributed by atoms with van der Waals surface area (Å²) in [5, 5.41) is 10.5. The molecule has 2 atom stereocenters. The Kier molecular flexibility index (Phi) is 6.39. The summed E-state index contributed by atoms with van der Waals surface area (Å²) < 4.78 is 21.2. The molecule has 0 saturated carbocycles. The average Bonchev–Trinajstić information content (AvgIpc) is 3.34. The van der Waals surface area contributed by atoms with Gasteiger partial charge in [-0.15, -0.1) is 0 Å². The Morgan fingerprint density at radius 1 is 1.16 bits per heavy atom. The van der Waals surface area contributed by atoms with Crippen molar-refractivity contribution in [1.82, 2.24) is 19.7 Å². The molecule has 11 heteroatoms. The van der Waals surface area contributed by atoms with E-state index in [0.29, 0.717) is 44.6 Å². The molecule has 1 N–H and O–H groups in total. The highest BCUT2D eigenvalue weighted by Crippen LogP contribution is 2.46. The van der Waals surface area contributed by atoms with Gasteiger partial charge in [-0.05, 0) is 37.6 Å². The van der Waals surface area contributed by atoms with E-state index >= 15 is 4.39 Å². The Morgan fingerprint density at radius 3 is 2.79 bits per heavy atom. The van der Waals surface area contributed by atoms with Crippen LogP contribution in [-0.4, -0.2) is 101 Å². The summed E-state index contributed by atoms with van der Waals surface area (Å²) in [7, 11) is 0. The first-order valence-corrected chi connectivity index (χ1v) is 13.3. The van der Waals surface area contributed by atoms with Gasteiger partial charge in [0, 0.05) is 45.3 Å². The molecule has 3 fully saturated rings. The molecular weight excluding hydrogens is 513 g/mol. The molecule has 38 heavy (non-hydrogen) atoms. The molecule has 0 radical (unpaired) electrons. The van der Waals surface area contributed by atoms with Crippen LogP contribution in [0.5, 0.6) is 11.5 Å². The number of piperazine rings is 2. The first-order valence-electron chi connectivity index (χ1n) is 12.9. The van der Waals surface area contributed by atoms with Crippen LogP contribution in [0.25, 0.3) is 11.3 Å². The summed E-state index contributed by atoms with van der Waals surface area (Å²) in [4.78, 5) is 39.0. The molecule has 0 spiro atoms. The van der Waals surface area contributed by atoms with Crippen LogP contribution >= 0.6 is 11.6 Å². The minimum absolute atomic E-state index is 0.0287. The standard InChI is InChI=1S/C27H29ClFN5O4/c1-2-20(36)32-11-12-34-17(14-32)15-38-25-22(27(34)37)26(33-10-9-31-8-4-5-16(31)13-33)30-24(23(25)28)21-18(29)6-3-7-19(21)35/h2-3,6-7,16-17,35H,1,4-5,8-15H2/t16-,17-/m1/s1. The largest absolute Gasteiger partial charge is 0.507 e. The summed E-state index contributed by atoms with van der Waals surface area (Å²) in [5.41, 5.74) is 0.134. The van der Waals surface area contributed by atoms with Gasteiger partial charge in [0.1, 0.15) is 40.3 Å². The van der Waals surface area contributed by atoms with Crippen molar-refractivity contribution >= 4 is 29.2 Å². The molecule has 0 unspecified atom stereocenters. The van der Waals surface area contributed by atoms with Crippen LogP contribution < -0.4 is 9.64 Å². The van der Waals surface area contributed by atoms with Gasteiger partial charge >= 0.3 is 0 Å². The third kappa shape index (κ3) is 4.06. The van der Waals surface area contributed by atoms with Gasteiger partial charge in [-0.25, -0.2) is 9.37 Å². The Hall–Kier alpha value is -3.37. The second kappa shape index (κ2) is 9.74. The lowest BCUT2D eigenvalue weighted by Gasteiger charge is -2.40. The van der Waals surface area contributed by atoms with Crippen molar-refractivity contribution in [2.24, 2.45) is 0 Å². The van der Waals surface area contributed by atoms with Crippen LogP contribution in [0.3, 0.4) is 0 Å². The molecule has 0 aliphatic carbocycles. The van der Waals surface area contributed by atoms with Gasteiger partial charge in [0.05, 0.1) is 11.6 Å². The van der Waals surface area contributed by atoms with Crippen LogP contribution in [0, 0.1) is 5.82 Å². The molecule has 4 aliphatic rings. The van der Waals surface area contributed by atoms with E-state index in [1.165, 1.54) is 24.3 Å². The number of aromatic nitrogens is 1. The van der Waals surface area contributed by atoms with E-state index in [0.717, 1.165) is 25.9 Å². The van der Waals surface area contributed by atoms with Crippen molar-refractivity contribution in [3.63, 3.8) is 0 Å². The lowest BCUT2D eigenvalue weighted by molar-refractivity contribution is -0.128. The first-order chi connectivity index (χ1) is 18.4. The Morgan fingerprint density at radius 2 is 2.00 bits per heavy atom. The van der Waals surface area contributed by atoms with Gasteiger partial charge in [0.15, 0.2) is 5.75 Å². The van der Waals surface area contributed by atoms with Crippen molar-refractivity contribution in [3.8, 4) is 22.8 Å². The van der Waals surface area contributed by atoms with E-state index in [2.05, 4.69) is 16.4 Å². The molecule has 200 valence electrons. The minimum Gasteiger partial charge on any atom is -0.507 e. The maximum atomic E-state index is 15.0. The van der Waals surface area contributed by atoms with Gasteiger partial charge in [0.25, 0.3) is 5.91 Å². The molecule has 1 aromatic heterocycles. The van der Waals surface area contributed by atoms with Crippen LogP contribution in [-0.2, 0) is 4.79 Å². The maximum Gasteiger partial charge on any atom is 0.261 e. The fourth-order valence-electron chi connectivity index (χ4n) is 6.10. The molecular formula is C27H29ClFN5O4. The number of hydrogen-bond acceptors (Lipinski definition) is 7. The number of amides is 2. The van der Waals surface area contributed by atoms with Crippen LogP contribution in [0.4, 0.5) is 10.2 Å². The Bertz CT molecular complexity index is 1300. The number of aromatic hydroxyl groups is 1. The number of anilines is 1. The van der Waals surface area contributed by atoms with E-state index in [1.54, 1.807) is 9.80 Å². The fraction of sp³-hybridized carbons (Fsp3) is 0.444. The molecule has 6 rings (SSSR count). The van der Waals surface area contributed by atoms with Crippen molar-refractivity contribution in [2.45, 2.75) is 24.9 Å². The van der Waals surface area contributed by atoms with Crippen LogP contribution in [0.15, 0.2) is 30.9 Å². The van der Waals surface area contributed by atoms with Crippen molar-refractivity contribution < 1.29 is 23.8 Å². The average molecular weight is 542 g/mol. The second-order valence-electron chi connectivity index (χ2n) is 10.2. The zero-order valence-corrected chi connectivity index (χ0v) is 21.7. The number of carbonyl (C=O) groups is 2. The number of benzene rings is 1. The number of carbonyl (C=O) groups excluding carboxylic acids is 2. The maximum absolute atomic E-state index is 15.0. The number of rotatable bonds is 3. The van der Waals surface area contributed by atoms with E-state index < -0.39 is 11.9 Å². The van der Waals surface area contributed by atoms with E-state index in [9.17, 15) is 14.7 Å². The second-order valence-corrected chi connectivity index (χ2v) is 10.5. The highest BCUT2D eigenvalue weighted by atomic mass is 35.5. The zero-order valence-electron chi connectivity index (χ0n) is 20.9. The lowest BCUT2D eigenvalue weighted by Crippen LogP contribution is -2.57. The van der Waals surface area contributed by atoms with E-state index in [1.807, 2.05) is 0 Å². The van der Waals surface area contributed by atoms with E-state index in [-0.39, 0.29) is 51.8 Å². The normalized spacial score (nSPS) is 23.3. The molecule has 9 nitrogen and oxygen atoms in total. The Labute approximate surface area is 225 Å². The molecule has 2 aromatic rings. The molecule has 1 aromatic carbocycles. The highest BCUT2D eigenvalue weighted by molar-refractivity contribution is 6.35. The number of nitrogens with zero attached hydrogens (tertiary/aromatic N) is 5. The smallest absolute Gasteiger partial charge is 0.261 e. The third-order valence-corrected chi connectivity index (χ3v) is 8.41. The predicted molar refractivity (Wildman–Crippen MR) is 140 cm³/mol. The molecule has 2 amide bonds. The molecule has 5 heterocycles. The predicted octanol–water partition coefficient (Wildman–Crippen LogP) is 2.76. The highest BCUT2D eigenvalue weighted by Gasteiger charge is 2.42. The number of halogens is 2. The van der Waals surface area contributed by atoms with Gasteiger partial charge < -0.3 is 24.5 Å². The SMILES string of the molecule is C=CC(=O)N1CCN2C(=O)c3c(N4CCN5CCC[C@@H]5C4)nc(-c4c(O)cccc4F)c(Cl)c3OC[C@H]2C1. The zero-order chi connectivity index (χ0) is 26.6. The molecule has 4 aliphatic heterocycles. The van der Waals surface area contributed by atoms with Gasteiger partial charge in [-0.1, -0.05) is 24.2 Å². The molecule has 0 bridgehead atoms. The van der Waals surface area contributed by atoms with Crippen molar-refractivity contribution in [3.05, 3.63) is 47.3 Å². The number of hydrogen-bond donors (Lipinski definition) is 1. The van der Waals surface area contributed by atoms with Gasteiger partial charge in [0.2, 0.25) is 5.91 Å². The van der Waals surface area contributed by atoms with Gasteiger partial charge in [-0.2, -0.15) is 0 Å². The summed E-state index contributed by atoms with van der Waals surface area (Å²) in [6.07, 6.45) is 3.44. The summed E-state index contributed by atoms with van der Waals surface area (Å²) in [6, 6.07) is 3.95. The van der Waals surface area contributed by atoms with Crippen molar-refractivity contribution in [2.75, 3.05) is 57.3 Å². The number of phenolic OH excluding ortho intramolecular Hbond substituents is 1. The first kappa shape index (κ1) is 24.9. The topological polar surface area (TPSA) is 89.5 Å². The van der Waals surface area contributed by atoms with E-state index in [4.69, 9.17) is 21.3 Å². The quantitative estimate of drug-likeness (QED) is 0.598. The number of fused-ring (bicyclic) bond motifs is 3. The number of phenols is 1. The molecule has 3 saturated heterocycles. The summed E-state index contributed by atoms with van der Waals surface area (Å²) in [5.74, 6) is -0.960. The fourth-order valence-corrected chi connectivity index (χ4v) is 6.39.